The van der Waals surface area contributed by atoms with Crippen molar-refractivity contribution in [2.75, 3.05) is 12.4 Å². The highest BCUT2D eigenvalue weighted by molar-refractivity contribution is 6.32. The van der Waals surface area contributed by atoms with Crippen LogP contribution in [0, 0.1) is 5.92 Å². The summed E-state index contributed by atoms with van der Waals surface area (Å²) < 4.78 is 36.3. The van der Waals surface area contributed by atoms with E-state index in [2.05, 4.69) is 0 Å². The van der Waals surface area contributed by atoms with Gasteiger partial charge in [0, 0.05) is 18.3 Å². The zero-order valence-corrected chi connectivity index (χ0v) is 7.83. The topological polar surface area (TPSA) is 20.3 Å². The Kier molecular flexibility index (Phi) is 2.97. The minimum atomic E-state index is -4.65. The largest absolute Gasteiger partial charge is 0.487 e. The fourth-order valence-electron chi connectivity index (χ4n) is 1.12. The van der Waals surface area contributed by atoms with Gasteiger partial charge < -0.3 is 0 Å². The molecule has 1 rings (SSSR count). The highest BCUT2D eigenvalue weighted by Crippen LogP contribution is 2.32. The van der Waals surface area contributed by atoms with E-state index in [4.69, 9.17) is 23.2 Å². The standard InChI is InChI=1S/C6H6Cl2F3NO/c7-1-3-2-12(6(9,10)11)5(13)4(3)8/h3-4H,1-2H2. The van der Waals surface area contributed by atoms with E-state index in [-0.39, 0.29) is 10.8 Å². The molecule has 7 heteroatoms. The molecule has 0 N–H and O–H groups in total. The van der Waals surface area contributed by atoms with Crippen LogP contribution in [0.1, 0.15) is 0 Å². The lowest BCUT2D eigenvalue weighted by Gasteiger charge is -2.18. The quantitative estimate of drug-likeness (QED) is 0.502. The van der Waals surface area contributed by atoms with Gasteiger partial charge in [-0.1, -0.05) is 0 Å². The summed E-state index contributed by atoms with van der Waals surface area (Å²) in [6, 6.07) is 0. The van der Waals surface area contributed by atoms with Crippen molar-refractivity contribution < 1.29 is 18.0 Å². The summed E-state index contributed by atoms with van der Waals surface area (Å²) in [7, 11) is 0. The van der Waals surface area contributed by atoms with Crippen LogP contribution in [0.2, 0.25) is 0 Å². The van der Waals surface area contributed by atoms with Crippen molar-refractivity contribution in [3.8, 4) is 0 Å². The summed E-state index contributed by atoms with van der Waals surface area (Å²) in [4.78, 5) is 10.7. The Morgan fingerprint density at radius 1 is 1.54 bits per heavy atom. The van der Waals surface area contributed by atoms with Gasteiger partial charge in [-0.25, -0.2) is 0 Å². The molecule has 76 valence electrons. The van der Waals surface area contributed by atoms with Crippen LogP contribution in [0.15, 0.2) is 0 Å². The van der Waals surface area contributed by atoms with Gasteiger partial charge in [-0.3, -0.25) is 9.69 Å². The number of amides is 1. The Balaban J connectivity index is 2.78. The molecule has 2 unspecified atom stereocenters. The van der Waals surface area contributed by atoms with Crippen LogP contribution in [0.3, 0.4) is 0 Å². The second-order valence-electron chi connectivity index (χ2n) is 2.73. The number of likely N-dealkylation sites (tertiary alicyclic amines) is 1. The van der Waals surface area contributed by atoms with Crippen LogP contribution in [0.25, 0.3) is 0 Å². The van der Waals surface area contributed by atoms with E-state index < -0.39 is 30.0 Å². The van der Waals surface area contributed by atoms with Crippen LogP contribution in [-0.2, 0) is 4.79 Å². The molecule has 13 heavy (non-hydrogen) atoms. The summed E-state index contributed by atoms with van der Waals surface area (Å²) in [6.45, 7) is -0.444. The number of alkyl halides is 5. The predicted molar refractivity (Wildman–Crippen MR) is 41.6 cm³/mol. The van der Waals surface area contributed by atoms with E-state index in [1.165, 1.54) is 0 Å². The summed E-state index contributed by atoms with van der Waals surface area (Å²) in [5, 5.41) is -1.15. The average molecular weight is 236 g/mol. The van der Waals surface area contributed by atoms with Crippen LogP contribution in [-0.4, -0.2) is 34.9 Å². The summed E-state index contributed by atoms with van der Waals surface area (Å²) in [6.07, 6.45) is -4.65. The molecule has 0 bridgehead atoms. The summed E-state index contributed by atoms with van der Waals surface area (Å²) in [5.74, 6) is -1.79. The van der Waals surface area contributed by atoms with Crippen molar-refractivity contribution in [3.63, 3.8) is 0 Å². The van der Waals surface area contributed by atoms with Gasteiger partial charge in [-0.15, -0.1) is 36.4 Å². The molecule has 1 amide bonds. The van der Waals surface area contributed by atoms with E-state index in [0.717, 1.165) is 0 Å². The van der Waals surface area contributed by atoms with E-state index in [1.807, 2.05) is 0 Å². The molecule has 1 aliphatic heterocycles. The number of carbonyl (C=O) groups excluding carboxylic acids is 1. The van der Waals surface area contributed by atoms with Gasteiger partial charge >= 0.3 is 6.30 Å². The minimum Gasteiger partial charge on any atom is -0.273 e. The molecule has 1 fully saturated rings. The highest BCUT2D eigenvalue weighted by Gasteiger charge is 2.50. The van der Waals surface area contributed by atoms with Crippen LogP contribution < -0.4 is 0 Å². The Bertz CT molecular complexity index is 220. The molecule has 0 aliphatic carbocycles. The summed E-state index contributed by atoms with van der Waals surface area (Å²) in [5.41, 5.74) is 0. The van der Waals surface area contributed by atoms with Crippen molar-refractivity contribution in [2.45, 2.75) is 11.7 Å². The first-order chi connectivity index (χ1) is 5.88. The molecule has 1 heterocycles. The van der Waals surface area contributed by atoms with Crippen molar-refractivity contribution in [1.82, 2.24) is 4.90 Å². The van der Waals surface area contributed by atoms with Crippen LogP contribution in [0.4, 0.5) is 13.2 Å². The maximum absolute atomic E-state index is 12.1. The number of rotatable bonds is 1. The molecule has 2 nitrogen and oxygen atoms in total. The Morgan fingerprint density at radius 3 is 2.31 bits per heavy atom. The molecular formula is C6H6Cl2F3NO. The number of halogens is 5. The first kappa shape index (κ1) is 10.9. The van der Waals surface area contributed by atoms with Gasteiger partial charge in [0.2, 0.25) is 5.91 Å². The number of hydrogen-bond acceptors (Lipinski definition) is 1. The van der Waals surface area contributed by atoms with E-state index >= 15 is 0 Å². The van der Waals surface area contributed by atoms with Crippen molar-refractivity contribution in [2.24, 2.45) is 5.92 Å². The third-order valence-corrected chi connectivity index (χ3v) is 2.78. The molecule has 0 spiro atoms. The lowest BCUT2D eigenvalue weighted by molar-refractivity contribution is -0.235. The fraction of sp³-hybridized carbons (Fsp3) is 0.833. The third kappa shape index (κ3) is 2.02. The lowest BCUT2D eigenvalue weighted by Crippen LogP contribution is -2.40. The second kappa shape index (κ2) is 3.53. The van der Waals surface area contributed by atoms with Crippen LogP contribution in [0.5, 0.6) is 0 Å². The normalized spacial score (nSPS) is 29.9. The van der Waals surface area contributed by atoms with Gasteiger partial charge in [0.05, 0.1) is 0 Å². The van der Waals surface area contributed by atoms with Gasteiger partial charge in [0.1, 0.15) is 5.38 Å². The Hall–Kier alpha value is -0.160. The maximum atomic E-state index is 12.1. The number of carbonyl (C=O) groups is 1. The van der Waals surface area contributed by atoms with E-state index in [1.54, 1.807) is 0 Å². The Morgan fingerprint density at radius 2 is 2.08 bits per heavy atom. The zero-order valence-electron chi connectivity index (χ0n) is 6.31. The first-order valence-electron chi connectivity index (χ1n) is 3.46. The molecule has 2 atom stereocenters. The number of nitrogens with zero attached hydrogens (tertiary/aromatic N) is 1. The third-order valence-electron chi connectivity index (χ3n) is 1.84. The first-order valence-corrected chi connectivity index (χ1v) is 4.43. The Labute approximate surface area is 82.6 Å². The smallest absolute Gasteiger partial charge is 0.273 e. The van der Waals surface area contributed by atoms with Crippen molar-refractivity contribution in [1.29, 1.82) is 0 Å². The van der Waals surface area contributed by atoms with Gasteiger partial charge in [-0.05, 0) is 0 Å². The van der Waals surface area contributed by atoms with E-state index in [9.17, 15) is 18.0 Å². The van der Waals surface area contributed by atoms with Gasteiger partial charge in [0.25, 0.3) is 0 Å². The fourth-order valence-corrected chi connectivity index (χ4v) is 1.78. The predicted octanol–water partition coefficient (Wildman–Crippen LogP) is 1.81. The zero-order chi connectivity index (χ0) is 10.2. The molecule has 0 aromatic rings. The minimum absolute atomic E-state index is 0.0491. The molecule has 0 aromatic carbocycles. The molecule has 0 aromatic heterocycles. The molecule has 0 radical (unpaired) electrons. The SMILES string of the molecule is O=C1C(Cl)C(CCl)CN1C(F)(F)F. The maximum Gasteiger partial charge on any atom is 0.487 e. The van der Waals surface area contributed by atoms with Crippen molar-refractivity contribution >= 4 is 29.1 Å². The van der Waals surface area contributed by atoms with Gasteiger partial charge in [-0.2, -0.15) is 0 Å². The second-order valence-corrected chi connectivity index (χ2v) is 3.51. The molecular weight excluding hydrogens is 230 g/mol. The molecule has 1 aliphatic rings. The highest BCUT2D eigenvalue weighted by atomic mass is 35.5. The molecule has 1 saturated heterocycles. The van der Waals surface area contributed by atoms with Gasteiger partial charge in [0.15, 0.2) is 0 Å². The number of hydrogen-bond donors (Lipinski definition) is 0. The average Bonchev–Trinajstić information content (AvgIpc) is 2.28. The van der Waals surface area contributed by atoms with E-state index in [0.29, 0.717) is 0 Å². The van der Waals surface area contributed by atoms with Crippen molar-refractivity contribution in [3.05, 3.63) is 0 Å². The summed E-state index contributed by atoms with van der Waals surface area (Å²) >= 11 is 10.8. The lowest BCUT2D eigenvalue weighted by atomic mass is 10.1. The monoisotopic (exact) mass is 235 g/mol. The van der Waals surface area contributed by atoms with Crippen LogP contribution >= 0.6 is 23.2 Å². The molecule has 0 saturated carbocycles.